The fourth-order valence-electron chi connectivity index (χ4n) is 1.47. The van der Waals surface area contributed by atoms with Crippen LogP contribution in [0, 0.1) is 0 Å². The minimum atomic E-state index is -1.16. The fourth-order valence-corrected chi connectivity index (χ4v) is 2.58. The van der Waals surface area contributed by atoms with E-state index in [-0.39, 0.29) is 6.61 Å². The van der Waals surface area contributed by atoms with Gasteiger partial charge in [-0.1, -0.05) is 30.3 Å². The molecule has 0 amide bonds. The maximum absolute atomic E-state index is 11.8. The van der Waals surface area contributed by atoms with Gasteiger partial charge in [0.15, 0.2) is 5.54 Å². The van der Waals surface area contributed by atoms with E-state index < -0.39 is 11.5 Å². The van der Waals surface area contributed by atoms with Crippen molar-refractivity contribution in [3.05, 3.63) is 35.9 Å². The Kier molecular flexibility index (Phi) is 6.33. The number of thioether (sulfide) groups is 1. The summed E-state index contributed by atoms with van der Waals surface area (Å²) >= 11 is 1.53. The predicted molar refractivity (Wildman–Crippen MR) is 75.8 cm³/mol. The molecule has 4 nitrogen and oxygen atoms in total. The molecule has 0 heterocycles. The lowest BCUT2D eigenvalue weighted by molar-refractivity contribution is -0.147. The summed E-state index contributed by atoms with van der Waals surface area (Å²) in [7, 11) is 0. The summed E-state index contributed by atoms with van der Waals surface area (Å²) in [4.78, 5) is 25.8. The second-order valence-corrected chi connectivity index (χ2v) is 5.16. The van der Waals surface area contributed by atoms with Gasteiger partial charge in [-0.05, 0) is 19.4 Å². The Balaban J connectivity index is 2.59. The summed E-state index contributed by atoms with van der Waals surface area (Å²) < 4.78 is 4.94. The van der Waals surface area contributed by atoms with Crippen LogP contribution in [0.3, 0.4) is 0 Å². The van der Waals surface area contributed by atoms with Crippen molar-refractivity contribution in [2.24, 2.45) is 4.99 Å². The van der Waals surface area contributed by atoms with Gasteiger partial charge in [0, 0.05) is 11.5 Å². The van der Waals surface area contributed by atoms with Crippen LogP contribution < -0.4 is 0 Å². The zero-order valence-electron chi connectivity index (χ0n) is 11.1. The lowest BCUT2D eigenvalue weighted by Crippen LogP contribution is -2.37. The molecule has 0 aliphatic carbocycles. The zero-order valence-corrected chi connectivity index (χ0v) is 11.9. The van der Waals surface area contributed by atoms with Crippen molar-refractivity contribution < 1.29 is 14.3 Å². The zero-order chi connectivity index (χ0) is 14.1. The Morgan fingerprint density at radius 3 is 2.68 bits per heavy atom. The SMILES string of the molecule is CCOC(=O)[C@@](C)(CSCc1ccccc1)N=C=O. The maximum Gasteiger partial charge on any atom is 0.335 e. The van der Waals surface area contributed by atoms with Crippen molar-refractivity contribution >= 4 is 23.8 Å². The van der Waals surface area contributed by atoms with Crippen LogP contribution in [0.15, 0.2) is 35.3 Å². The van der Waals surface area contributed by atoms with Crippen molar-refractivity contribution in [3.63, 3.8) is 0 Å². The summed E-state index contributed by atoms with van der Waals surface area (Å²) in [5.74, 6) is 0.652. The summed E-state index contributed by atoms with van der Waals surface area (Å²) in [6.45, 7) is 3.58. The molecule has 1 rings (SSSR count). The van der Waals surface area contributed by atoms with Gasteiger partial charge in [0.2, 0.25) is 6.08 Å². The third-order valence-electron chi connectivity index (χ3n) is 2.50. The number of hydrogen-bond donors (Lipinski definition) is 0. The van der Waals surface area contributed by atoms with Crippen LogP contribution in [-0.4, -0.2) is 29.9 Å². The molecule has 0 bridgehead atoms. The monoisotopic (exact) mass is 279 g/mol. The van der Waals surface area contributed by atoms with Gasteiger partial charge < -0.3 is 4.74 Å². The lowest BCUT2D eigenvalue weighted by atomic mass is 10.1. The molecule has 102 valence electrons. The van der Waals surface area contributed by atoms with E-state index >= 15 is 0 Å². The molecule has 0 radical (unpaired) electrons. The van der Waals surface area contributed by atoms with E-state index in [9.17, 15) is 9.59 Å². The Bertz CT molecular complexity index is 457. The van der Waals surface area contributed by atoms with E-state index in [1.165, 1.54) is 17.8 Å². The van der Waals surface area contributed by atoms with Crippen molar-refractivity contribution in [2.45, 2.75) is 25.1 Å². The Morgan fingerprint density at radius 1 is 1.42 bits per heavy atom. The molecule has 1 aromatic carbocycles. The van der Waals surface area contributed by atoms with E-state index in [1.54, 1.807) is 13.8 Å². The molecule has 0 saturated carbocycles. The van der Waals surface area contributed by atoms with Crippen molar-refractivity contribution in [1.82, 2.24) is 0 Å². The third kappa shape index (κ3) is 4.89. The highest BCUT2D eigenvalue weighted by Gasteiger charge is 2.34. The van der Waals surface area contributed by atoms with Crippen LogP contribution in [0.25, 0.3) is 0 Å². The number of hydrogen-bond acceptors (Lipinski definition) is 5. The number of rotatable bonds is 7. The summed E-state index contributed by atoms with van der Waals surface area (Å²) in [6.07, 6.45) is 1.46. The highest BCUT2D eigenvalue weighted by molar-refractivity contribution is 7.98. The number of carbonyl (C=O) groups excluding carboxylic acids is 2. The van der Waals surface area contributed by atoms with Gasteiger partial charge in [-0.3, -0.25) is 0 Å². The Labute approximate surface area is 117 Å². The standard InChI is InChI=1S/C14H17NO3S/c1-3-18-13(17)14(2,15-11-16)10-19-9-12-7-5-4-6-8-12/h4-8H,3,9-10H2,1-2H3/t14-/m1/s1. The first-order chi connectivity index (χ1) is 9.12. The van der Waals surface area contributed by atoms with Crippen LogP contribution in [0.1, 0.15) is 19.4 Å². The van der Waals surface area contributed by atoms with E-state index in [2.05, 4.69) is 4.99 Å². The molecular formula is C14H17NO3S. The summed E-state index contributed by atoms with van der Waals surface area (Å²) in [6, 6.07) is 9.90. The molecule has 1 aromatic rings. The van der Waals surface area contributed by atoms with Crippen LogP contribution >= 0.6 is 11.8 Å². The molecule has 0 aliphatic rings. The van der Waals surface area contributed by atoms with Crippen molar-refractivity contribution in [2.75, 3.05) is 12.4 Å². The average Bonchev–Trinajstić information content (AvgIpc) is 2.40. The molecule has 0 spiro atoms. The van der Waals surface area contributed by atoms with Gasteiger partial charge in [-0.15, -0.1) is 0 Å². The number of esters is 1. The molecule has 0 fully saturated rings. The first-order valence-corrected chi connectivity index (χ1v) is 7.16. The number of isocyanates is 1. The Morgan fingerprint density at radius 2 is 2.11 bits per heavy atom. The molecule has 0 saturated heterocycles. The normalized spacial score (nSPS) is 13.2. The highest BCUT2D eigenvalue weighted by Crippen LogP contribution is 2.22. The van der Waals surface area contributed by atoms with E-state index in [4.69, 9.17) is 4.74 Å². The molecule has 0 aliphatic heterocycles. The van der Waals surface area contributed by atoms with Gasteiger partial charge in [0.05, 0.1) is 6.61 Å². The minimum absolute atomic E-state index is 0.270. The van der Waals surface area contributed by atoms with Crippen LogP contribution in [0.2, 0.25) is 0 Å². The number of aliphatic imine (C=N–C) groups is 1. The predicted octanol–water partition coefficient (Wildman–Crippen LogP) is 2.58. The van der Waals surface area contributed by atoms with Crippen LogP contribution in [0.5, 0.6) is 0 Å². The van der Waals surface area contributed by atoms with Gasteiger partial charge in [-0.25, -0.2) is 9.59 Å². The topological polar surface area (TPSA) is 55.7 Å². The first kappa shape index (κ1) is 15.5. The molecule has 5 heteroatoms. The summed E-state index contributed by atoms with van der Waals surface area (Å²) in [5, 5.41) is 0. The third-order valence-corrected chi connectivity index (χ3v) is 3.81. The molecule has 0 unspecified atom stereocenters. The Hall–Kier alpha value is -1.58. The molecule has 19 heavy (non-hydrogen) atoms. The first-order valence-electron chi connectivity index (χ1n) is 6.00. The number of benzene rings is 1. The number of carbonyl (C=O) groups is 1. The van der Waals surface area contributed by atoms with Gasteiger partial charge in [-0.2, -0.15) is 16.8 Å². The molecule has 0 aromatic heterocycles. The second kappa shape index (κ2) is 7.77. The molecule has 0 N–H and O–H groups in total. The van der Waals surface area contributed by atoms with Crippen molar-refractivity contribution in [1.29, 1.82) is 0 Å². The largest absolute Gasteiger partial charge is 0.464 e. The van der Waals surface area contributed by atoms with Crippen LogP contribution in [-0.2, 0) is 20.1 Å². The fraction of sp³-hybridized carbons (Fsp3) is 0.429. The smallest absolute Gasteiger partial charge is 0.335 e. The van der Waals surface area contributed by atoms with Gasteiger partial charge >= 0.3 is 5.97 Å². The summed E-state index contributed by atoms with van der Waals surface area (Å²) in [5.41, 5.74) is 0.00537. The molecule has 1 atom stereocenters. The van der Waals surface area contributed by atoms with Gasteiger partial charge in [0.1, 0.15) is 0 Å². The van der Waals surface area contributed by atoms with Crippen molar-refractivity contribution in [3.8, 4) is 0 Å². The van der Waals surface area contributed by atoms with E-state index in [0.717, 1.165) is 11.3 Å². The number of nitrogens with zero attached hydrogens (tertiary/aromatic N) is 1. The maximum atomic E-state index is 11.8. The van der Waals surface area contributed by atoms with Crippen LogP contribution in [0.4, 0.5) is 0 Å². The highest BCUT2D eigenvalue weighted by atomic mass is 32.2. The van der Waals surface area contributed by atoms with Gasteiger partial charge in [0.25, 0.3) is 0 Å². The quantitative estimate of drug-likeness (QED) is 0.437. The second-order valence-electron chi connectivity index (χ2n) is 4.18. The minimum Gasteiger partial charge on any atom is -0.464 e. The number of ether oxygens (including phenoxy) is 1. The van der Waals surface area contributed by atoms with E-state index in [0.29, 0.717) is 5.75 Å². The lowest BCUT2D eigenvalue weighted by Gasteiger charge is -2.20. The average molecular weight is 279 g/mol. The molecular weight excluding hydrogens is 262 g/mol. The van der Waals surface area contributed by atoms with E-state index in [1.807, 2.05) is 30.3 Å².